The van der Waals surface area contributed by atoms with Gasteiger partial charge in [0.2, 0.25) is 10.0 Å². The molecule has 1 N–H and O–H groups in total. The molecule has 2 aromatic carbocycles. The van der Waals surface area contributed by atoms with Crippen molar-refractivity contribution < 1.29 is 13.2 Å². The van der Waals surface area contributed by atoms with Crippen LogP contribution in [0.3, 0.4) is 0 Å². The van der Waals surface area contributed by atoms with Crippen molar-refractivity contribution >= 4 is 15.9 Å². The normalized spacial score (nSPS) is 14.8. The predicted molar refractivity (Wildman–Crippen MR) is 110 cm³/mol. The van der Waals surface area contributed by atoms with E-state index in [4.69, 9.17) is 5.26 Å². The maximum Gasteiger partial charge on any atom is 0.254 e. The Morgan fingerprint density at radius 3 is 2.55 bits per heavy atom. The van der Waals surface area contributed by atoms with Crippen LogP contribution in [0.5, 0.6) is 0 Å². The summed E-state index contributed by atoms with van der Waals surface area (Å²) in [6.07, 6.45) is 1.83. The van der Waals surface area contributed by atoms with Crippen molar-refractivity contribution in [3.05, 3.63) is 65.2 Å². The van der Waals surface area contributed by atoms with Crippen LogP contribution in [-0.4, -0.2) is 31.8 Å². The first kappa shape index (κ1) is 21.0. The van der Waals surface area contributed by atoms with Crippen LogP contribution in [-0.2, 0) is 16.6 Å². The lowest BCUT2D eigenvalue weighted by atomic mass is 10.1. The van der Waals surface area contributed by atoms with Crippen LogP contribution in [0.25, 0.3) is 0 Å². The van der Waals surface area contributed by atoms with E-state index in [0.29, 0.717) is 17.7 Å². The minimum absolute atomic E-state index is 0.100. The predicted octanol–water partition coefficient (Wildman–Crippen LogP) is 3.24. The number of sulfonamides is 1. The third kappa shape index (κ3) is 5.22. The maximum absolute atomic E-state index is 13.0. The summed E-state index contributed by atoms with van der Waals surface area (Å²) in [7, 11) is -3.78. The average molecular weight is 412 g/mol. The quantitative estimate of drug-likeness (QED) is 0.722. The highest BCUT2D eigenvalue weighted by Crippen LogP contribution is 2.29. The largest absolute Gasteiger partial charge is 0.334 e. The monoisotopic (exact) mass is 411 g/mol. The molecule has 1 saturated carbocycles. The number of carbonyl (C=O) groups excluding carboxylic acids is 1. The molecule has 1 atom stereocenters. The first-order valence-corrected chi connectivity index (χ1v) is 11.1. The Balaban J connectivity index is 1.83. The number of carbonyl (C=O) groups is 1. The van der Waals surface area contributed by atoms with Gasteiger partial charge in [-0.2, -0.15) is 5.26 Å². The molecule has 1 unspecified atom stereocenters. The van der Waals surface area contributed by atoms with Crippen LogP contribution in [0.2, 0.25) is 0 Å². The number of benzene rings is 2. The average Bonchev–Trinajstić information content (AvgIpc) is 3.56. The van der Waals surface area contributed by atoms with Crippen molar-refractivity contribution in [3.8, 4) is 6.07 Å². The van der Waals surface area contributed by atoms with E-state index in [0.717, 1.165) is 18.4 Å². The van der Waals surface area contributed by atoms with E-state index in [-0.39, 0.29) is 29.3 Å². The lowest BCUT2D eigenvalue weighted by Gasteiger charge is -2.24. The smallest absolute Gasteiger partial charge is 0.254 e. The van der Waals surface area contributed by atoms with Crippen LogP contribution in [0.1, 0.15) is 41.3 Å². The highest BCUT2D eigenvalue weighted by molar-refractivity contribution is 7.89. The molecule has 0 saturated heterocycles. The van der Waals surface area contributed by atoms with Crippen molar-refractivity contribution in [1.82, 2.24) is 9.62 Å². The van der Waals surface area contributed by atoms with Gasteiger partial charge in [-0.1, -0.05) is 36.4 Å². The highest BCUT2D eigenvalue weighted by Gasteiger charge is 2.34. The van der Waals surface area contributed by atoms with E-state index in [9.17, 15) is 13.2 Å². The summed E-state index contributed by atoms with van der Waals surface area (Å²) in [5.74, 6) is -0.505. The lowest BCUT2D eigenvalue weighted by molar-refractivity contribution is 0.0730. The Kier molecular flexibility index (Phi) is 6.36. The highest BCUT2D eigenvalue weighted by atomic mass is 32.2. The minimum Gasteiger partial charge on any atom is -0.334 e. The van der Waals surface area contributed by atoms with Gasteiger partial charge in [-0.05, 0) is 49.9 Å². The molecule has 1 fully saturated rings. The van der Waals surface area contributed by atoms with Crippen molar-refractivity contribution in [3.63, 3.8) is 0 Å². The molecule has 152 valence electrons. The number of nitrogens with one attached hydrogen (secondary N) is 1. The third-order valence-corrected chi connectivity index (χ3v) is 6.52. The molecule has 0 aliphatic heterocycles. The first-order chi connectivity index (χ1) is 13.8. The summed E-state index contributed by atoms with van der Waals surface area (Å²) in [5.41, 5.74) is 1.75. The molecule has 0 aromatic heterocycles. The van der Waals surface area contributed by atoms with E-state index >= 15 is 0 Å². The fourth-order valence-corrected chi connectivity index (χ4v) is 4.45. The number of hydrogen-bond donors (Lipinski definition) is 1. The zero-order chi connectivity index (χ0) is 21.0. The van der Waals surface area contributed by atoms with E-state index in [1.807, 2.05) is 30.3 Å². The van der Waals surface area contributed by atoms with E-state index in [1.54, 1.807) is 30.9 Å². The van der Waals surface area contributed by atoms with Crippen LogP contribution in [0.15, 0.2) is 53.4 Å². The number of rotatable bonds is 8. The second-order valence-corrected chi connectivity index (χ2v) is 9.24. The summed E-state index contributed by atoms with van der Waals surface area (Å²) in [5, 5.41) is 9.10. The molecule has 0 spiro atoms. The molecule has 1 amide bonds. The molecule has 0 bridgehead atoms. The lowest BCUT2D eigenvalue weighted by Crippen LogP contribution is -2.36. The van der Waals surface area contributed by atoms with Gasteiger partial charge in [0.1, 0.15) is 0 Å². The topological polar surface area (TPSA) is 90.3 Å². The van der Waals surface area contributed by atoms with Crippen LogP contribution >= 0.6 is 0 Å². The molecule has 29 heavy (non-hydrogen) atoms. The van der Waals surface area contributed by atoms with Gasteiger partial charge >= 0.3 is 0 Å². The Morgan fingerprint density at radius 1 is 1.24 bits per heavy atom. The van der Waals surface area contributed by atoms with Crippen LogP contribution in [0, 0.1) is 24.2 Å². The summed E-state index contributed by atoms with van der Waals surface area (Å²) < 4.78 is 28.3. The van der Waals surface area contributed by atoms with Crippen molar-refractivity contribution in [2.24, 2.45) is 5.92 Å². The number of amides is 1. The molecule has 0 heterocycles. The fraction of sp³-hybridized carbons (Fsp3) is 0.364. The summed E-state index contributed by atoms with van der Waals surface area (Å²) in [6.45, 7) is 4.01. The molecule has 2 aromatic rings. The number of nitriles is 1. The van der Waals surface area contributed by atoms with Gasteiger partial charge in [0, 0.05) is 24.7 Å². The summed E-state index contributed by atoms with van der Waals surface area (Å²) >= 11 is 0. The van der Waals surface area contributed by atoms with Crippen LogP contribution < -0.4 is 4.72 Å². The zero-order valence-corrected chi connectivity index (χ0v) is 17.4. The molecule has 3 rings (SSSR count). The summed E-state index contributed by atoms with van der Waals surface area (Å²) in [4.78, 5) is 14.8. The Bertz CT molecular complexity index is 1030. The maximum atomic E-state index is 13.0. The van der Waals surface area contributed by atoms with Crippen molar-refractivity contribution in [2.45, 2.75) is 44.2 Å². The Labute approximate surface area is 172 Å². The van der Waals surface area contributed by atoms with Gasteiger partial charge in [0.05, 0.1) is 16.9 Å². The number of hydrogen-bond acceptors (Lipinski definition) is 4. The fourth-order valence-electron chi connectivity index (χ4n) is 3.16. The molecule has 0 radical (unpaired) electrons. The van der Waals surface area contributed by atoms with Crippen molar-refractivity contribution in [1.29, 1.82) is 5.26 Å². The molecule has 6 nitrogen and oxygen atoms in total. The molecular weight excluding hydrogens is 386 g/mol. The van der Waals surface area contributed by atoms with Gasteiger partial charge in [-0.15, -0.1) is 0 Å². The van der Waals surface area contributed by atoms with Gasteiger partial charge in [-0.3, -0.25) is 4.79 Å². The van der Waals surface area contributed by atoms with E-state index in [1.165, 1.54) is 6.07 Å². The third-order valence-electron chi connectivity index (χ3n) is 4.97. The van der Waals surface area contributed by atoms with Gasteiger partial charge < -0.3 is 4.90 Å². The molecular formula is C22H25N3O3S. The number of aryl methyl sites for hydroxylation is 1. The van der Waals surface area contributed by atoms with E-state index < -0.39 is 10.0 Å². The van der Waals surface area contributed by atoms with E-state index in [2.05, 4.69) is 10.8 Å². The second-order valence-electron chi connectivity index (χ2n) is 7.51. The van der Waals surface area contributed by atoms with Gasteiger partial charge in [-0.25, -0.2) is 13.1 Å². The van der Waals surface area contributed by atoms with Crippen LogP contribution in [0.4, 0.5) is 0 Å². The first-order valence-electron chi connectivity index (χ1n) is 9.66. The molecule has 7 heteroatoms. The standard InChI is InChI=1S/C22H25N3O3S/c1-16(13-23)15-25(20-10-11-20)22(26)19-9-8-17(2)21(12-19)29(27,28)24-14-18-6-4-3-5-7-18/h3-9,12,16,20,24H,10-11,14-15H2,1-2H3. The van der Waals surface area contributed by atoms with Crippen molar-refractivity contribution in [2.75, 3.05) is 6.54 Å². The second kappa shape index (κ2) is 8.76. The molecule has 1 aliphatic carbocycles. The Morgan fingerprint density at radius 2 is 1.93 bits per heavy atom. The SMILES string of the molecule is Cc1ccc(C(=O)N(CC(C)C#N)C2CC2)cc1S(=O)(=O)NCc1ccccc1. The Hall–Kier alpha value is -2.69. The van der Waals surface area contributed by atoms with Gasteiger partial charge in [0.25, 0.3) is 5.91 Å². The minimum atomic E-state index is -3.78. The molecule has 1 aliphatic rings. The van der Waals surface area contributed by atoms with Gasteiger partial charge in [0.15, 0.2) is 0 Å². The number of nitrogens with zero attached hydrogens (tertiary/aromatic N) is 2. The zero-order valence-electron chi connectivity index (χ0n) is 16.6. The summed E-state index contributed by atoms with van der Waals surface area (Å²) in [6, 6.07) is 16.3.